The second-order valence-corrected chi connectivity index (χ2v) is 12.9. The second-order valence-electron chi connectivity index (χ2n) is 10.8. The Morgan fingerprint density at radius 2 is 1.00 bits per heavy atom. The SMILES string of the molecule is [2H]c1c([2H])c([2H])c(-c2c([2H])c([2H])c(-c3nc(-c4c([2H])c([2H])c([2H])c5c4sc4c([2H])c([2H])c([2H])c([2H])c45)nc(-n4c5c([2H])c([2H])c([2H])c([2H])c5c5c6sc7c([2H])c([2H])c([2H])c([2H])c7c6c([2H])c([2H])c54)n3)c([2H])c2[2H])c([2H])c1[2H]. The molecule has 0 N–H and O–H groups in total. The van der Waals surface area contributed by atoms with Crippen LogP contribution in [-0.4, -0.2) is 19.5 Å². The van der Waals surface area contributed by atoms with Gasteiger partial charge in [0.15, 0.2) is 11.6 Å². The van der Waals surface area contributed by atoms with Gasteiger partial charge in [0.05, 0.1) is 46.7 Å². The first-order valence-corrected chi connectivity index (χ1v) is 16.5. The molecule has 0 unspecified atom stereocenters. The minimum atomic E-state index is -0.981. The van der Waals surface area contributed by atoms with Gasteiger partial charge in [0.2, 0.25) is 5.95 Å². The summed E-state index contributed by atoms with van der Waals surface area (Å²) >= 11 is 1.41. The highest BCUT2D eigenvalue weighted by atomic mass is 32.1. The van der Waals surface area contributed by atoms with E-state index in [-0.39, 0.29) is 51.1 Å². The normalized spacial score (nSPS) is 19.1. The maximum atomic E-state index is 9.65. The Hall–Kier alpha value is -6.21. The molecule has 0 aliphatic heterocycles. The molecule has 0 fully saturated rings. The summed E-state index contributed by atoms with van der Waals surface area (Å²) in [5, 5.41) is -1.28. The molecule has 0 atom stereocenters. The summed E-state index contributed by atoms with van der Waals surface area (Å²) in [6.45, 7) is 0. The lowest BCUT2D eigenvalue weighted by Gasteiger charge is -2.12. The number of aromatic nitrogens is 4. The van der Waals surface area contributed by atoms with Crippen molar-refractivity contribution in [2.75, 3.05) is 0 Å². The van der Waals surface area contributed by atoms with E-state index in [0.29, 0.717) is 11.3 Å². The molecule has 0 radical (unpaired) electrons. The highest BCUT2D eigenvalue weighted by Crippen LogP contribution is 2.44. The number of nitrogens with zero attached hydrogens (tertiary/aromatic N) is 4. The minimum Gasteiger partial charge on any atom is -0.278 e. The molecule has 4 aromatic heterocycles. The number of rotatable bonds is 4. The van der Waals surface area contributed by atoms with Gasteiger partial charge in [-0.2, -0.15) is 9.97 Å². The van der Waals surface area contributed by atoms with Gasteiger partial charge in [-0.25, -0.2) is 4.98 Å². The van der Waals surface area contributed by atoms with Gasteiger partial charge in [-0.1, -0.05) is 127 Å². The molecule has 0 amide bonds. The fraction of sp³-hybridized carbons (Fsp3) is 0. The van der Waals surface area contributed by atoms with E-state index in [2.05, 4.69) is 15.0 Å². The van der Waals surface area contributed by atoms with Crippen molar-refractivity contribution in [3.05, 3.63) is 157 Å². The zero-order valence-corrected chi connectivity index (χ0v) is 26.7. The summed E-state index contributed by atoms with van der Waals surface area (Å²) in [6.07, 6.45) is 0. The van der Waals surface area contributed by atoms with E-state index in [9.17, 15) is 12.3 Å². The maximum Gasteiger partial charge on any atom is 0.238 e. The lowest BCUT2D eigenvalue weighted by Crippen LogP contribution is -2.06. The Morgan fingerprint density at radius 1 is 0.412 bits per heavy atom. The molecule has 4 heterocycles. The number of hydrogen-bond donors (Lipinski definition) is 0. The van der Waals surface area contributed by atoms with E-state index in [4.69, 9.17) is 23.3 Å². The van der Waals surface area contributed by atoms with E-state index in [1.54, 1.807) is 0 Å². The average Bonchev–Trinajstić information content (AvgIpc) is 4.18. The van der Waals surface area contributed by atoms with Gasteiger partial charge in [-0.3, -0.25) is 4.57 Å². The van der Waals surface area contributed by atoms with E-state index in [0.717, 1.165) is 15.9 Å². The van der Waals surface area contributed by atoms with Crippen LogP contribution in [0.1, 0.15) is 35.6 Å². The highest BCUT2D eigenvalue weighted by molar-refractivity contribution is 7.27. The van der Waals surface area contributed by atoms with E-state index >= 15 is 0 Å². The number of fused-ring (bicyclic) bond motifs is 10. The maximum absolute atomic E-state index is 9.65. The third-order valence-electron chi connectivity index (χ3n) is 8.05. The van der Waals surface area contributed by atoms with Gasteiger partial charge < -0.3 is 0 Å². The second kappa shape index (κ2) is 11.2. The molecular formula is C45H26N4S2. The van der Waals surface area contributed by atoms with Gasteiger partial charge >= 0.3 is 0 Å². The molecule has 11 aromatic rings. The van der Waals surface area contributed by atoms with Crippen molar-refractivity contribution in [3.63, 3.8) is 0 Å². The molecule has 0 bridgehead atoms. The van der Waals surface area contributed by atoms with Gasteiger partial charge in [0.25, 0.3) is 0 Å². The predicted molar refractivity (Wildman–Crippen MR) is 216 cm³/mol. The standard InChI is InChI=1S/C45H26N4S2/c1-2-11-27(12-3-1)28-21-23-29(24-22-28)43-46-44(35-17-10-16-32-30-13-5-8-19-38(30)50-41(32)35)48-45(47-43)49-36-18-7-4-15-34(36)40-37(49)26-25-33-31-14-6-9-20-39(31)51-42(33)40/h1-26H/i1D,2D,3D,4D,5D,6D,7D,8D,9D,10D,11D,12D,13D,14D,15D,16D,17D,18D,19D,20D,21D,22D,23D,24D,25D,26D. The predicted octanol–water partition coefficient (Wildman–Crippen LogP) is 12.7. The lowest BCUT2D eigenvalue weighted by molar-refractivity contribution is 0.955. The Balaban J connectivity index is 1.37. The monoisotopic (exact) mass is 712 g/mol. The van der Waals surface area contributed by atoms with Crippen molar-refractivity contribution in [3.8, 4) is 39.9 Å². The number of hydrogen-bond acceptors (Lipinski definition) is 5. The zero-order valence-electron chi connectivity index (χ0n) is 51.1. The van der Waals surface area contributed by atoms with Crippen molar-refractivity contribution >= 4 is 84.8 Å². The summed E-state index contributed by atoms with van der Waals surface area (Å²) < 4.78 is 231. The average molecular weight is 713 g/mol. The van der Waals surface area contributed by atoms with Crippen LogP contribution in [0.4, 0.5) is 0 Å². The van der Waals surface area contributed by atoms with Crippen LogP contribution >= 0.6 is 22.7 Å². The molecular weight excluding hydrogens is 661 g/mol. The summed E-state index contributed by atoms with van der Waals surface area (Å²) in [6, 6.07) is -19.7. The van der Waals surface area contributed by atoms with E-state index < -0.39 is 208 Å². The smallest absolute Gasteiger partial charge is 0.238 e. The Morgan fingerprint density at radius 3 is 1.78 bits per heavy atom. The summed E-state index contributed by atoms with van der Waals surface area (Å²) in [7, 11) is 0. The molecule has 11 rings (SSSR count). The lowest BCUT2D eigenvalue weighted by atomic mass is 10.0. The van der Waals surface area contributed by atoms with Crippen LogP contribution in [0.2, 0.25) is 0 Å². The third-order valence-corrected chi connectivity index (χ3v) is 10.3. The molecule has 51 heavy (non-hydrogen) atoms. The Kier molecular flexibility index (Phi) is 2.88. The van der Waals surface area contributed by atoms with Gasteiger partial charge in [-0.15, -0.1) is 22.7 Å². The van der Waals surface area contributed by atoms with Crippen LogP contribution in [0.25, 0.3) is 102 Å². The van der Waals surface area contributed by atoms with E-state index in [1.807, 2.05) is 0 Å². The first-order chi connectivity index (χ1) is 36.1. The summed E-state index contributed by atoms with van der Waals surface area (Å²) in [4.78, 5) is 13.8. The van der Waals surface area contributed by atoms with Crippen LogP contribution in [-0.2, 0) is 0 Å². The fourth-order valence-corrected chi connectivity index (χ4v) is 8.05. The van der Waals surface area contributed by atoms with E-state index in [1.165, 1.54) is 0 Å². The van der Waals surface area contributed by atoms with Crippen LogP contribution in [0.15, 0.2) is 157 Å². The molecule has 0 saturated carbocycles. The molecule has 0 saturated heterocycles. The first-order valence-electron chi connectivity index (χ1n) is 27.8. The van der Waals surface area contributed by atoms with Gasteiger partial charge in [-0.05, 0) is 41.3 Å². The molecule has 0 spiro atoms. The first kappa shape index (κ1) is 13.2. The van der Waals surface area contributed by atoms with Crippen LogP contribution in [0.3, 0.4) is 0 Å². The number of benzene rings is 7. The Labute approximate surface area is 337 Å². The highest BCUT2D eigenvalue weighted by Gasteiger charge is 2.21. The molecule has 0 aliphatic carbocycles. The van der Waals surface area contributed by atoms with Crippen molar-refractivity contribution in [1.82, 2.24) is 19.5 Å². The molecule has 7 aromatic carbocycles. The van der Waals surface area contributed by atoms with Crippen molar-refractivity contribution in [2.24, 2.45) is 0 Å². The quantitative estimate of drug-likeness (QED) is 0.182. The third kappa shape index (κ3) is 4.40. The molecule has 238 valence electrons. The van der Waals surface area contributed by atoms with Crippen LogP contribution in [0.5, 0.6) is 0 Å². The summed E-state index contributed by atoms with van der Waals surface area (Å²) in [5.74, 6) is -2.27. The van der Waals surface area contributed by atoms with Gasteiger partial charge in [0, 0.05) is 62.2 Å². The van der Waals surface area contributed by atoms with Crippen LogP contribution < -0.4 is 0 Å². The fourth-order valence-electron chi connectivity index (χ4n) is 5.87. The molecule has 0 aliphatic rings. The zero-order chi connectivity index (χ0) is 56.1. The number of thiophene rings is 2. The minimum absolute atomic E-state index is 0.0284. The largest absolute Gasteiger partial charge is 0.278 e. The van der Waals surface area contributed by atoms with Crippen molar-refractivity contribution in [1.29, 1.82) is 0 Å². The number of para-hydroxylation sites is 1. The topological polar surface area (TPSA) is 43.6 Å². The Bertz CT molecular complexity index is 4600. The molecule has 6 heteroatoms. The molecule has 4 nitrogen and oxygen atoms in total. The van der Waals surface area contributed by atoms with Crippen molar-refractivity contribution in [2.45, 2.75) is 0 Å². The van der Waals surface area contributed by atoms with Crippen LogP contribution in [0, 0.1) is 0 Å². The summed E-state index contributed by atoms with van der Waals surface area (Å²) in [5.41, 5.74) is -3.55. The van der Waals surface area contributed by atoms with Crippen molar-refractivity contribution < 1.29 is 35.6 Å². The van der Waals surface area contributed by atoms with Gasteiger partial charge in [0.1, 0.15) is 0 Å².